The fourth-order valence-corrected chi connectivity index (χ4v) is 4.87. The first-order valence-corrected chi connectivity index (χ1v) is 12.0. The summed E-state index contributed by atoms with van der Waals surface area (Å²) < 4.78 is 8.85. The van der Waals surface area contributed by atoms with E-state index in [0.29, 0.717) is 35.3 Å². The van der Waals surface area contributed by atoms with Crippen molar-refractivity contribution in [2.24, 2.45) is 11.1 Å². The predicted octanol–water partition coefficient (Wildman–Crippen LogP) is 3.08. The number of aromatic nitrogens is 6. The Morgan fingerprint density at radius 3 is 2.67 bits per heavy atom. The molecule has 1 saturated heterocycles. The fourth-order valence-electron chi connectivity index (χ4n) is 4.87. The van der Waals surface area contributed by atoms with Gasteiger partial charge in [-0.25, -0.2) is 9.67 Å². The van der Waals surface area contributed by atoms with Crippen LogP contribution in [0.3, 0.4) is 0 Å². The van der Waals surface area contributed by atoms with Crippen LogP contribution < -0.4 is 5.73 Å². The molecule has 36 heavy (non-hydrogen) atoms. The Labute approximate surface area is 207 Å². The van der Waals surface area contributed by atoms with Gasteiger partial charge in [-0.3, -0.25) is 0 Å². The minimum absolute atomic E-state index is 0.260. The van der Waals surface area contributed by atoms with Gasteiger partial charge in [0.05, 0.1) is 30.1 Å². The molecule has 2 N–H and O–H groups in total. The van der Waals surface area contributed by atoms with E-state index < -0.39 is 0 Å². The van der Waals surface area contributed by atoms with Crippen molar-refractivity contribution in [3.63, 3.8) is 0 Å². The number of hydrogen-bond acceptors (Lipinski definition) is 9. The van der Waals surface area contributed by atoms with Crippen molar-refractivity contribution >= 4 is 28.3 Å². The van der Waals surface area contributed by atoms with Crippen molar-refractivity contribution in [2.45, 2.75) is 19.4 Å². The number of oxime groups is 1. The fraction of sp³-hybridized carbons (Fsp3) is 0.320. The zero-order valence-electron chi connectivity index (χ0n) is 20.0. The normalized spacial score (nSPS) is 15.8. The summed E-state index contributed by atoms with van der Waals surface area (Å²) in [5.74, 6) is 1.67. The molecular weight excluding hydrogens is 458 g/mol. The number of likely N-dealkylation sites (tertiary alicyclic amines) is 1. The Bertz CT molecular complexity index is 1500. The Balaban J connectivity index is 1.15. The molecule has 0 spiro atoms. The standard InChI is InChI=1S/C25H27N9O2/c1-35-31-21(17-6-3-2-4-7-17)18-9-11-32(12-10-18)13-14-33-23-19(16-27-33)24-28-22(20-8-5-15-36-20)30-34(24)25(26)29-23/h2-8,15-16,18H,9-14H2,1H3,(H2,26,29)/b31-21+. The van der Waals surface area contributed by atoms with Crippen molar-refractivity contribution in [2.75, 3.05) is 32.5 Å². The number of benzene rings is 1. The van der Waals surface area contributed by atoms with Crippen LogP contribution in [-0.2, 0) is 11.4 Å². The Kier molecular flexibility index (Phi) is 5.82. The average Bonchev–Trinajstić information content (AvgIpc) is 3.67. The number of piperidine rings is 1. The molecule has 0 atom stereocenters. The number of nitrogen functional groups attached to an aromatic ring is 1. The van der Waals surface area contributed by atoms with E-state index in [0.717, 1.165) is 49.1 Å². The lowest BCUT2D eigenvalue weighted by molar-refractivity contribution is 0.189. The van der Waals surface area contributed by atoms with Gasteiger partial charge in [0.25, 0.3) is 0 Å². The second kappa shape index (κ2) is 9.42. The smallest absolute Gasteiger partial charge is 0.225 e. The van der Waals surface area contributed by atoms with E-state index in [-0.39, 0.29) is 5.95 Å². The lowest BCUT2D eigenvalue weighted by atomic mass is 9.88. The average molecular weight is 486 g/mol. The van der Waals surface area contributed by atoms with Gasteiger partial charge >= 0.3 is 0 Å². The molecule has 0 radical (unpaired) electrons. The van der Waals surface area contributed by atoms with Crippen molar-refractivity contribution in [1.82, 2.24) is 34.3 Å². The van der Waals surface area contributed by atoms with E-state index in [1.807, 2.05) is 28.9 Å². The van der Waals surface area contributed by atoms with E-state index in [1.54, 1.807) is 25.6 Å². The number of rotatable bonds is 7. The molecule has 1 aromatic carbocycles. The van der Waals surface area contributed by atoms with Crippen molar-refractivity contribution < 1.29 is 9.25 Å². The molecular formula is C25H27N9O2. The summed E-state index contributed by atoms with van der Waals surface area (Å²) in [6.45, 7) is 3.53. The van der Waals surface area contributed by atoms with Gasteiger partial charge in [-0.1, -0.05) is 35.5 Å². The number of furan rings is 1. The molecule has 0 saturated carbocycles. The second-order valence-corrected chi connectivity index (χ2v) is 8.86. The van der Waals surface area contributed by atoms with E-state index >= 15 is 0 Å². The summed E-state index contributed by atoms with van der Waals surface area (Å²) in [7, 11) is 1.61. The van der Waals surface area contributed by atoms with Crippen LogP contribution in [0.25, 0.3) is 28.3 Å². The van der Waals surface area contributed by atoms with E-state index in [1.165, 1.54) is 4.52 Å². The van der Waals surface area contributed by atoms with E-state index in [9.17, 15) is 0 Å². The summed E-state index contributed by atoms with van der Waals surface area (Å²) in [5, 5.41) is 14.2. The second-order valence-electron chi connectivity index (χ2n) is 8.86. The lowest BCUT2D eigenvalue weighted by Crippen LogP contribution is -2.38. The zero-order valence-corrected chi connectivity index (χ0v) is 20.0. The first kappa shape index (κ1) is 22.2. The third kappa shape index (κ3) is 4.07. The molecule has 4 aromatic heterocycles. The third-order valence-electron chi connectivity index (χ3n) is 6.70. The summed E-state index contributed by atoms with van der Waals surface area (Å²) in [5.41, 5.74) is 9.69. The van der Waals surface area contributed by atoms with Crippen LogP contribution in [0, 0.1) is 5.92 Å². The van der Waals surface area contributed by atoms with Gasteiger partial charge in [-0.2, -0.15) is 14.6 Å². The van der Waals surface area contributed by atoms with Crippen LogP contribution in [-0.4, -0.2) is 66.7 Å². The third-order valence-corrected chi connectivity index (χ3v) is 6.70. The summed E-state index contributed by atoms with van der Waals surface area (Å²) in [6, 6.07) is 13.9. The molecule has 6 rings (SSSR count). The van der Waals surface area contributed by atoms with E-state index in [4.69, 9.17) is 15.0 Å². The first-order valence-electron chi connectivity index (χ1n) is 12.0. The van der Waals surface area contributed by atoms with Crippen molar-refractivity contribution in [1.29, 1.82) is 0 Å². The number of nitrogens with two attached hydrogens (primary N) is 1. The summed E-state index contributed by atoms with van der Waals surface area (Å²) in [6.07, 6.45) is 5.42. The lowest BCUT2D eigenvalue weighted by Gasteiger charge is -2.32. The highest BCUT2D eigenvalue weighted by molar-refractivity contribution is 6.02. The Morgan fingerprint density at radius 1 is 1.08 bits per heavy atom. The number of anilines is 1. The maximum absolute atomic E-state index is 6.22. The Hall–Kier alpha value is -4.25. The summed E-state index contributed by atoms with van der Waals surface area (Å²) >= 11 is 0. The summed E-state index contributed by atoms with van der Waals surface area (Å²) in [4.78, 5) is 16.8. The topological polar surface area (TPSA) is 125 Å². The largest absolute Gasteiger partial charge is 0.461 e. The van der Waals surface area contributed by atoms with Crippen LogP contribution in [0.15, 0.2) is 64.5 Å². The van der Waals surface area contributed by atoms with Gasteiger partial charge in [0, 0.05) is 12.5 Å². The van der Waals surface area contributed by atoms with Gasteiger partial charge in [0.2, 0.25) is 11.8 Å². The molecule has 1 aliphatic heterocycles. The molecule has 184 valence electrons. The van der Waals surface area contributed by atoms with Crippen LogP contribution >= 0.6 is 0 Å². The highest BCUT2D eigenvalue weighted by Crippen LogP contribution is 2.25. The molecule has 0 amide bonds. The van der Waals surface area contributed by atoms with Crippen LogP contribution in [0.2, 0.25) is 0 Å². The molecule has 5 heterocycles. The SMILES string of the molecule is CO/N=C(\c1ccccc1)C1CCN(CCn2ncc3c2nc(N)n2nc(-c4ccco4)nc32)CC1. The maximum atomic E-state index is 6.22. The van der Waals surface area contributed by atoms with Gasteiger partial charge in [-0.15, -0.1) is 5.10 Å². The molecule has 11 nitrogen and oxygen atoms in total. The van der Waals surface area contributed by atoms with Gasteiger partial charge in [0.15, 0.2) is 17.1 Å². The quantitative estimate of drug-likeness (QED) is 0.275. The molecule has 0 bridgehead atoms. The number of nitrogens with zero attached hydrogens (tertiary/aromatic N) is 8. The molecule has 0 aliphatic carbocycles. The monoisotopic (exact) mass is 485 g/mol. The molecule has 1 fully saturated rings. The minimum Gasteiger partial charge on any atom is -0.461 e. The molecule has 0 unspecified atom stereocenters. The van der Waals surface area contributed by atoms with Gasteiger partial charge in [-0.05, 0) is 43.6 Å². The minimum atomic E-state index is 0.260. The number of hydrogen-bond donors (Lipinski definition) is 1. The molecule has 1 aliphatic rings. The first-order chi connectivity index (χ1) is 17.7. The Morgan fingerprint density at radius 2 is 1.92 bits per heavy atom. The maximum Gasteiger partial charge on any atom is 0.225 e. The molecule has 5 aromatic rings. The highest BCUT2D eigenvalue weighted by atomic mass is 16.6. The molecule has 11 heteroatoms. The van der Waals surface area contributed by atoms with E-state index in [2.05, 4.69) is 42.4 Å². The van der Waals surface area contributed by atoms with Gasteiger partial charge < -0.3 is 19.9 Å². The predicted molar refractivity (Wildman–Crippen MR) is 135 cm³/mol. The van der Waals surface area contributed by atoms with Crippen LogP contribution in [0.4, 0.5) is 5.95 Å². The number of fused-ring (bicyclic) bond motifs is 3. The van der Waals surface area contributed by atoms with Crippen molar-refractivity contribution in [3.05, 3.63) is 60.5 Å². The zero-order chi connectivity index (χ0) is 24.5. The van der Waals surface area contributed by atoms with Crippen LogP contribution in [0.5, 0.6) is 0 Å². The van der Waals surface area contributed by atoms with Crippen molar-refractivity contribution in [3.8, 4) is 11.6 Å². The van der Waals surface area contributed by atoms with Crippen LogP contribution in [0.1, 0.15) is 18.4 Å². The van der Waals surface area contributed by atoms with Gasteiger partial charge in [0.1, 0.15) is 7.11 Å². The highest BCUT2D eigenvalue weighted by Gasteiger charge is 2.25.